The summed E-state index contributed by atoms with van der Waals surface area (Å²) in [4.78, 5) is 1.25. The fourth-order valence-corrected chi connectivity index (χ4v) is 2.34. The SMILES string of the molecule is CNCC(C)NCc1snnc1C(C)(C)C. The van der Waals surface area contributed by atoms with Crippen molar-refractivity contribution in [3.05, 3.63) is 10.6 Å². The van der Waals surface area contributed by atoms with Gasteiger partial charge in [0.05, 0.1) is 10.6 Å². The van der Waals surface area contributed by atoms with Crippen LogP contribution < -0.4 is 10.6 Å². The lowest BCUT2D eigenvalue weighted by molar-refractivity contribution is 0.511. The Morgan fingerprint density at radius 2 is 2.06 bits per heavy atom. The van der Waals surface area contributed by atoms with Crippen molar-refractivity contribution in [1.29, 1.82) is 0 Å². The van der Waals surface area contributed by atoms with Crippen LogP contribution in [-0.4, -0.2) is 29.2 Å². The van der Waals surface area contributed by atoms with Gasteiger partial charge in [0, 0.05) is 24.5 Å². The zero-order valence-electron chi connectivity index (χ0n) is 10.8. The molecule has 1 atom stereocenters. The van der Waals surface area contributed by atoms with E-state index in [4.69, 9.17) is 0 Å². The first kappa shape index (κ1) is 13.5. The number of hydrogen-bond donors (Lipinski definition) is 2. The van der Waals surface area contributed by atoms with E-state index >= 15 is 0 Å². The molecule has 0 spiro atoms. The number of aromatic nitrogens is 2. The van der Waals surface area contributed by atoms with Gasteiger partial charge in [-0.15, -0.1) is 5.10 Å². The van der Waals surface area contributed by atoms with Gasteiger partial charge in [0.2, 0.25) is 0 Å². The maximum atomic E-state index is 4.22. The molecule has 5 heteroatoms. The van der Waals surface area contributed by atoms with E-state index < -0.39 is 0 Å². The predicted octanol–water partition coefficient (Wildman–Crippen LogP) is 1.53. The summed E-state index contributed by atoms with van der Waals surface area (Å²) in [6, 6.07) is 0.458. The number of hydrogen-bond acceptors (Lipinski definition) is 5. The van der Waals surface area contributed by atoms with E-state index in [-0.39, 0.29) is 5.41 Å². The van der Waals surface area contributed by atoms with Crippen LogP contribution in [0.5, 0.6) is 0 Å². The summed E-state index contributed by atoms with van der Waals surface area (Å²) in [6.45, 7) is 10.5. The van der Waals surface area contributed by atoms with Crippen LogP contribution in [0.4, 0.5) is 0 Å². The first-order valence-corrected chi connectivity index (χ1v) is 6.42. The summed E-state index contributed by atoms with van der Waals surface area (Å²) in [7, 11) is 1.97. The molecular weight excluding hydrogens is 220 g/mol. The molecule has 0 radical (unpaired) electrons. The second-order valence-corrected chi connectivity index (χ2v) is 5.97. The Bertz CT molecular complexity index is 316. The van der Waals surface area contributed by atoms with Crippen molar-refractivity contribution in [2.75, 3.05) is 13.6 Å². The summed E-state index contributed by atoms with van der Waals surface area (Å²) in [5.74, 6) is 0. The van der Waals surface area contributed by atoms with E-state index in [0.29, 0.717) is 6.04 Å². The second-order valence-electron chi connectivity index (χ2n) is 5.13. The van der Waals surface area contributed by atoms with Gasteiger partial charge in [-0.3, -0.25) is 0 Å². The summed E-state index contributed by atoms with van der Waals surface area (Å²) in [5.41, 5.74) is 1.19. The van der Waals surface area contributed by atoms with Gasteiger partial charge < -0.3 is 10.6 Å². The standard InChI is InChI=1S/C11H22N4S/c1-8(6-12-5)13-7-9-10(11(2,3)4)14-15-16-9/h8,12-13H,6-7H2,1-5H3. The molecule has 0 bridgehead atoms. The molecule has 16 heavy (non-hydrogen) atoms. The molecule has 0 amide bonds. The zero-order valence-corrected chi connectivity index (χ0v) is 11.6. The molecule has 0 saturated heterocycles. The Kier molecular flexibility index (Phi) is 4.83. The van der Waals surface area contributed by atoms with Crippen molar-refractivity contribution in [1.82, 2.24) is 20.2 Å². The van der Waals surface area contributed by atoms with E-state index in [2.05, 4.69) is 47.9 Å². The number of nitrogens with one attached hydrogen (secondary N) is 2. The zero-order chi connectivity index (χ0) is 12.2. The molecule has 1 aromatic heterocycles. The first-order valence-electron chi connectivity index (χ1n) is 5.65. The molecule has 0 fully saturated rings. The van der Waals surface area contributed by atoms with E-state index in [0.717, 1.165) is 18.8 Å². The first-order chi connectivity index (χ1) is 7.45. The van der Waals surface area contributed by atoms with Gasteiger partial charge in [0.1, 0.15) is 0 Å². The molecule has 0 aliphatic carbocycles. The summed E-state index contributed by atoms with van der Waals surface area (Å²) >= 11 is 1.49. The topological polar surface area (TPSA) is 49.8 Å². The molecule has 0 saturated carbocycles. The quantitative estimate of drug-likeness (QED) is 0.822. The minimum absolute atomic E-state index is 0.0796. The van der Waals surface area contributed by atoms with Crippen LogP contribution in [0, 0.1) is 0 Å². The van der Waals surface area contributed by atoms with Crippen LogP contribution >= 0.6 is 11.5 Å². The maximum absolute atomic E-state index is 4.22. The normalized spacial score (nSPS) is 14.1. The molecule has 92 valence electrons. The van der Waals surface area contributed by atoms with Crippen LogP contribution in [0.25, 0.3) is 0 Å². The van der Waals surface area contributed by atoms with Crippen LogP contribution in [0.1, 0.15) is 38.3 Å². The van der Waals surface area contributed by atoms with Gasteiger partial charge in [-0.25, -0.2) is 0 Å². The Balaban J connectivity index is 2.58. The smallest absolute Gasteiger partial charge is 0.0854 e. The third-order valence-corrected chi connectivity index (χ3v) is 3.11. The van der Waals surface area contributed by atoms with Crippen LogP contribution in [0.3, 0.4) is 0 Å². The summed E-state index contributed by atoms with van der Waals surface area (Å²) in [5, 5.41) is 10.8. The summed E-state index contributed by atoms with van der Waals surface area (Å²) < 4.78 is 4.05. The fourth-order valence-electron chi connectivity index (χ4n) is 1.54. The van der Waals surface area contributed by atoms with Gasteiger partial charge in [-0.05, 0) is 25.5 Å². The van der Waals surface area contributed by atoms with Crippen molar-refractivity contribution >= 4 is 11.5 Å². The highest BCUT2D eigenvalue weighted by Crippen LogP contribution is 2.25. The fraction of sp³-hybridized carbons (Fsp3) is 0.818. The number of nitrogens with zero attached hydrogens (tertiary/aromatic N) is 2. The van der Waals surface area contributed by atoms with Gasteiger partial charge in [0.25, 0.3) is 0 Å². The van der Waals surface area contributed by atoms with Crippen molar-refractivity contribution in [2.45, 2.75) is 45.7 Å². The Hall–Kier alpha value is -0.520. The highest BCUT2D eigenvalue weighted by atomic mass is 32.1. The van der Waals surface area contributed by atoms with Gasteiger partial charge >= 0.3 is 0 Å². The van der Waals surface area contributed by atoms with Crippen LogP contribution in [-0.2, 0) is 12.0 Å². The largest absolute Gasteiger partial charge is 0.318 e. The van der Waals surface area contributed by atoms with E-state index in [9.17, 15) is 0 Å². The minimum Gasteiger partial charge on any atom is -0.318 e. The molecular formula is C11H22N4S. The van der Waals surface area contributed by atoms with E-state index in [1.54, 1.807) is 0 Å². The molecule has 4 nitrogen and oxygen atoms in total. The van der Waals surface area contributed by atoms with Crippen LogP contribution in [0.15, 0.2) is 0 Å². The molecule has 0 aliphatic heterocycles. The summed E-state index contributed by atoms with van der Waals surface area (Å²) in [6.07, 6.45) is 0. The molecule has 0 aliphatic rings. The lowest BCUT2D eigenvalue weighted by Crippen LogP contribution is -2.34. The monoisotopic (exact) mass is 242 g/mol. The predicted molar refractivity (Wildman–Crippen MR) is 68.8 cm³/mol. The van der Waals surface area contributed by atoms with Crippen LogP contribution in [0.2, 0.25) is 0 Å². The van der Waals surface area contributed by atoms with Crippen molar-refractivity contribution < 1.29 is 0 Å². The number of rotatable bonds is 5. The maximum Gasteiger partial charge on any atom is 0.0854 e. The molecule has 0 aromatic carbocycles. The average Bonchev–Trinajstić information content (AvgIpc) is 2.62. The van der Waals surface area contributed by atoms with Crippen molar-refractivity contribution in [3.8, 4) is 0 Å². The van der Waals surface area contributed by atoms with Crippen molar-refractivity contribution in [3.63, 3.8) is 0 Å². The lowest BCUT2D eigenvalue weighted by atomic mass is 9.91. The van der Waals surface area contributed by atoms with Gasteiger partial charge in [-0.2, -0.15) is 0 Å². The molecule has 1 rings (SSSR count). The molecule has 1 unspecified atom stereocenters. The van der Waals surface area contributed by atoms with Crippen molar-refractivity contribution in [2.24, 2.45) is 0 Å². The third-order valence-electron chi connectivity index (χ3n) is 2.39. The van der Waals surface area contributed by atoms with E-state index in [1.165, 1.54) is 16.4 Å². The Labute approximate surface area is 102 Å². The third kappa shape index (κ3) is 3.81. The Morgan fingerprint density at radius 3 is 2.62 bits per heavy atom. The highest BCUT2D eigenvalue weighted by molar-refractivity contribution is 7.05. The van der Waals surface area contributed by atoms with Gasteiger partial charge in [0.15, 0.2) is 0 Å². The minimum atomic E-state index is 0.0796. The second kappa shape index (κ2) is 5.70. The average molecular weight is 242 g/mol. The lowest BCUT2D eigenvalue weighted by Gasteiger charge is -2.18. The molecule has 1 aromatic rings. The highest BCUT2D eigenvalue weighted by Gasteiger charge is 2.22. The van der Waals surface area contributed by atoms with E-state index in [1.807, 2.05) is 7.05 Å². The molecule has 1 heterocycles. The molecule has 2 N–H and O–H groups in total. The van der Waals surface area contributed by atoms with Gasteiger partial charge in [-0.1, -0.05) is 25.3 Å². The number of likely N-dealkylation sites (N-methyl/N-ethyl adjacent to an activating group) is 1. The Morgan fingerprint density at radius 1 is 1.38 bits per heavy atom.